The van der Waals surface area contributed by atoms with Crippen LogP contribution in [0.5, 0.6) is 5.75 Å². The van der Waals surface area contributed by atoms with Crippen molar-refractivity contribution in [1.29, 1.82) is 0 Å². The molecule has 126 valence electrons. The van der Waals surface area contributed by atoms with Crippen LogP contribution in [-0.4, -0.2) is 13.2 Å². The molecule has 3 aromatic rings. The van der Waals surface area contributed by atoms with E-state index in [0.717, 1.165) is 25.3 Å². The van der Waals surface area contributed by atoms with E-state index in [4.69, 9.17) is 4.74 Å². The lowest BCUT2D eigenvalue weighted by Crippen LogP contribution is -2.25. The van der Waals surface area contributed by atoms with Gasteiger partial charge in [0.05, 0.1) is 6.04 Å². The molecular weight excluding hydrogens is 306 g/mol. The maximum absolute atomic E-state index is 5.78. The van der Waals surface area contributed by atoms with Gasteiger partial charge in [-0.15, -0.1) is 0 Å². The molecule has 0 radical (unpaired) electrons. The quantitative estimate of drug-likeness (QED) is 0.692. The molecule has 4 rings (SSSR count). The Bertz CT molecular complexity index is 761. The van der Waals surface area contributed by atoms with Crippen molar-refractivity contribution in [1.82, 2.24) is 5.32 Å². The standard InChI is InChI=1S/C23H23NO/c1-3-9-18(10-4-1)20(19-11-5-2-6-12-19)15-16-24-22-17-25-23-14-8-7-13-21(22)23/h1-14,20,22,24H,15-17H2/t22-/m1/s1. The monoisotopic (exact) mass is 329 g/mol. The van der Waals surface area contributed by atoms with Gasteiger partial charge in [-0.3, -0.25) is 0 Å². The normalized spacial score (nSPS) is 15.8. The highest BCUT2D eigenvalue weighted by Crippen LogP contribution is 2.32. The molecule has 1 aliphatic rings. The molecule has 0 saturated carbocycles. The number of nitrogens with one attached hydrogen (secondary N) is 1. The van der Waals surface area contributed by atoms with Crippen molar-refractivity contribution in [2.45, 2.75) is 18.4 Å². The van der Waals surface area contributed by atoms with Crippen LogP contribution in [0.4, 0.5) is 0 Å². The number of hydrogen-bond donors (Lipinski definition) is 1. The van der Waals surface area contributed by atoms with E-state index in [1.165, 1.54) is 16.7 Å². The minimum Gasteiger partial charge on any atom is -0.491 e. The van der Waals surface area contributed by atoms with E-state index < -0.39 is 0 Å². The Labute approximate surface area is 149 Å². The van der Waals surface area contributed by atoms with Gasteiger partial charge < -0.3 is 10.1 Å². The van der Waals surface area contributed by atoms with Crippen LogP contribution in [0.3, 0.4) is 0 Å². The van der Waals surface area contributed by atoms with Gasteiger partial charge in [-0.05, 0) is 30.2 Å². The summed E-state index contributed by atoms with van der Waals surface area (Å²) in [5, 5.41) is 3.68. The zero-order chi connectivity index (χ0) is 16.9. The molecule has 1 atom stereocenters. The van der Waals surface area contributed by atoms with Crippen LogP contribution in [0.1, 0.15) is 35.1 Å². The van der Waals surface area contributed by atoms with Gasteiger partial charge in [-0.2, -0.15) is 0 Å². The Morgan fingerprint density at radius 2 is 1.40 bits per heavy atom. The van der Waals surface area contributed by atoms with Gasteiger partial charge in [0, 0.05) is 11.5 Å². The van der Waals surface area contributed by atoms with Gasteiger partial charge >= 0.3 is 0 Å². The Hall–Kier alpha value is -2.58. The second-order valence-corrected chi connectivity index (χ2v) is 6.52. The topological polar surface area (TPSA) is 21.3 Å². The van der Waals surface area contributed by atoms with Crippen LogP contribution in [-0.2, 0) is 0 Å². The SMILES string of the molecule is c1ccc(C(CCN[C@@H]2COc3ccccc32)c2ccccc2)cc1. The Morgan fingerprint density at radius 1 is 0.800 bits per heavy atom. The number of ether oxygens (including phenoxy) is 1. The summed E-state index contributed by atoms with van der Waals surface area (Å²) in [5.74, 6) is 1.43. The minimum atomic E-state index is 0.295. The summed E-state index contributed by atoms with van der Waals surface area (Å²) in [6.45, 7) is 1.68. The smallest absolute Gasteiger partial charge is 0.124 e. The number of fused-ring (bicyclic) bond motifs is 1. The summed E-state index contributed by atoms with van der Waals surface area (Å²) < 4.78 is 5.78. The maximum Gasteiger partial charge on any atom is 0.124 e. The van der Waals surface area contributed by atoms with Crippen molar-refractivity contribution < 1.29 is 4.74 Å². The van der Waals surface area contributed by atoms with E-state index in [0.29, 0.717) is 12.0 Å². The van der Waals surface area contributed by atoms with Crippen LogP contribution < -0.4 is 10.1 Å². The summed E-state index contributed by atoms with van der Waals surface area (Å²) in [4.78, 5) is 0. The van der Waals surface area contributed by atoms with Gasteiger partial charge in [0.15, 0.2) is 0 Å². The van der Waals surface area contributed by atoms with Gasteiger partial charge in [0.2, 0.25) is 0 Å². The van der Waals surface area contributed by atoms with Crippen molar-refractivity contribution in [3.05, 3.63) is 102 Å². The van der Waals surface area contributed by atoms with Crippen LogP contribution in [0, 0.1) is 0 Å². The van der Waals surface area contributed by atoms with Crippen molar-refractivity contribution in [2.75, 3.05) is 13.2 Å². The summed E-state index contributed by atoms with van der Waals surface area (Å²) in [6.07, 6.45) is 1.06. The lowest BCUT2D eigenvalue weighted by atomic mass is 9.88. The number of rotatable bonds is 6. The number of hydrogen-bond acceptors (Lipinski definition) is 2. The third kappa shape index (κ3) is 3.59. The fraction of sp³-hybridized carbons (Fsp3) is 0.217. The molecule has 0 bridgehead atoms. The Balaban J connectivity index is 1.45. The van der Waals surface area contributed by atoms with E-state index >= 15 is 0 Å². The van der Waals surface area contributed by atoms with Gasteiger partial charge in [-0.25, -0.2) is 0 Å². The first-order chi connectivity index (χ1) is 12.4. The van der Waals surface area contributed by atoms with E-state index in [1.807, 2.05) is 12.1 Å². The fourth-order valence-electron chi connectivity index (χ4n) is 3.63. The molecule has 2 nitrogen and oxygen atoms in total. The molecule has 1 heterocycles. The summed E-state index contributed by atoms with van der Waals surface area (Å²) in [7, 11) is 0. The average Bonchev–Trinajstić information content (AvgIpc) is 3.10. The highest BCUT2D eigenvalue weighted by molar-refractivity contribution is 5.39. The molecule has 0 aromatic heterocycles. The number of benzene rings is 3. The van der Waals surface area contributed by atoms with E-state index in [9.17, 15) is 0 Å². The third-order valence-electron chi connectivity index (χ3n) is 4.93. The number of para-hydroxylation sites is 1. The first kappa shape index (κ1) is 15.9. The summed E-state index contributed by atoms with van der Waals surface area (Å²) in [6, 6.07) is 30.2. The largest absolute Gasteiger partial charge is 0.491 e. The van der Waals surface area contributed by atoms with Crippen molar-refractivity contribution in [3.8, 4) is 5.75 Å². The first-order valence-corrected chi connectivity index (χ1v) is 8.97. The average molecular weight is 329 g/mol. The van der Waals surface area contributed by atoms with Gasteiger partial charge in [-0.1, -0.05) is 78.9 Å². The molecule has 25 heavy (non-hydrogen) atoms. The molecule has 0 spiro atoms. The highest BCUT2D eigenvalue weighted by Gasteiger charge is 2.23. The van der Waals surface area contributed by atoms with Crippen LogP contribution in [0.2, 0.25) is 0 Å². The molecular formula is C23H23NO. The van der Waals surface area contributed by atoms with Crippen molar-refractivity contribution >= 4 is 0 Å². The molecule has 0 saturated heterocycles. The van der Waals surface area contributed by atoms with Crippen LogP contribution >= 0.6 is 0 Å². The van der Waals surface area contributed by atoms with E-state index in [2.05, 4.69) is 78.1 Å². The molecule has 0 unspecified atom stereocenters. The summed E-state index contributed by atoms with van der Waals surface area (Å²) >= 11 is 0. The van der Waals surface area contributed by atoms with Crippen molar-refractivity contribution in [3.63, 3.8) is 0 Å². The third-order valence-corrected chi connectivity index (χ3v) is 4.93. The first-order valence-electron chi connectivity index (χ1n) is 8.97. The van der Waals surface area contributed by atoms with Gasteiger partial charge in [0.25, 0.3) is 0 Å². The molecule has 1 aliphatic heterocycles. The lowest BCUT2D eigenvalue weighted by molar-refractivity contribution is 0.310. The molecule has 3 aromatic carbocycles. The van der Waals surface area contributed by atoms with E-state index in [1.54, 1.807) is 0 Å². The molecule has 1 N–H and O–H groups in total. The van der Waals surface area contributed by atoms with Gasteiger partial charge in [0.1, 0.15) is 12.4 Å². The fourth-order valence-corrected chi connectivity index (χ4v) is 3.63. The molecule has 2 heteroatoms. The minimum absolute atomic E-state index is 0.295. The second kappa shape index (κ2) is 7.54. The second-order valence-electron chi connectivity index (χ2n) is 6.52. The highest BCUT2D eigenvalue weighted by atomic mass is 16.5. The summed E-state index contributed by atoms with van der Waals surface area (Å²) in [5.41, 5.74) is 4.02. The zero-order valence-electron chi connectivity index (χ0n) is 14.3. The Morgan fingerprint density at radius 3 is 2.08 bits per heavy atom. The van der Waals surface area contributed by atoms with E-state index in [-0.39, 0.29) is 0 Å². The van der Waals surface area contributed by atoms with Crippen LogP contribution in [0.15, 0.2) is 84.9 Å². The molecule has 0 amide bonds. The lowest BCUT2D eigenvalue weighted by Gasteiger charge is -2.20. The predicted octanol–water partition coefficient (Wildman–Crippen LogP) is 4.93. The Kier molecular flexibility index (Phi) is 4.80. The predicted molar refractivity (Wildman–Crippen MR) is 102 cm³/mol. The molecule has 0 aliphatic carbocycles. The molecule has 0 fully saturated rings. The van der Waals surface area contributed by atoms with Crippen molar-refractivity contribution in [2.24, 2.45) is 0 Å². The van der Waals surface area contributed by atoms with Crippen LogP contribution in [0.25, 0.3) is 0 Å². The maximum atomic E-state index is 5.78. The zero-order valence-corrected chi connectivity index (χ0v) is 14.3.